The third-order valence-electron chi connectivity index (χ3n) is 1.33. The highest BCUT2D eigenvalue weighted by molar-refractivity contribution is 5.21. The lowest BCUT2D eigenvalue weighted by Gasteiger charge is -2.11. The molecule has 0 spiro atoms. The predicted molar refractivity (Wildman–Crippen MR) is 35.4 cm³/mol. The van der Waals surface area contributed by atoms with Crippen LogP contribution in [-0.2, 0) is 0 Å². The second-order valence-corrected chi connectivity index (χ2v) is 2.00. The Labute approximate surface area is 54.3 Å². The van der Waals surface area contributed by atoms with E-state index in [2.05, 4.69) is 6.07 Å². The van der Waals surface area contributed by atoms with Gasteiger partial charge in [0.2, 0.25) is 0 Å². The molecule has 9 heavy (non-hydrogen) atoms. The fourth-order valence-corrected chi connectivity index (χ4v) is 0.753. The van der Waals surface area contributed by atoms with Gasteiger partial charge in [-0.25, -0.2) is 0 Å². The van der Waals surface area contributed by atoms with Gasteiger partial charge in [-0.2, -0.15) is 5.26 Å². The van der Waals surface area contributed by atoms with E-state index in [-0.39, 0.29) is 12.0 Å². The molecule has 2 atom stereocenters. The Hall–Kier alpha value is -1.07. The number of nitriles is 1. The van der Waals surface area contributed by atoms with Crippen LogP contribution in [0.3, 0.4) is 0 Å². The molecule has 46 valence electrons. The van der Waals surface area contributed by atoms with Gasteiger partial charge in [0.25, 0.3) is 0 Å². The van der Waals surface area contributed by atoms with Gasteiger partial charge >= 0.3 is 0 Å². The van der Waals surface area contributed by atoms with Gasteiger partial charge in [-0.3, -0.25) is 0 Å². The number of hydrogen-bond donors (Lipinski definition) is 1. The third-order valence-corrected chi connectivity index (χ3v) is 1.33. The lowest BCUT2D eigenvalue weighted by Crippen LogP contribution is -2.26. The molecule has 1 aliphatic rings. The summed E-state index contributed by atoms with van der Waals surface area (Å²) in [7, 11) is 0. The van der Waals surface area contributed by atoms with Crippen molar-refractivity contribution >= 4 is 0 Å². The standard InChI is InChI=1S/C7H8N2/c8-5-6-3-1-2-4-7(6)9/h1-4,6-7H,9H2. The zero-order chi connectivity index (χ0) is 6.69. The largest absolute Gasteiger partial charge is 0.323 e. The number of allylic oxidation sites excluding steroid dienone is 2. The SMILES string of the molecule is N#CC1C=CC=CC1N. The third kappa shape index (κ3) is 1.18. The molecule has 0 saturated heterocycles. The highest BCUT2D eigenvalue weighted by atomic mass is 14.6. The fourth-order valence-electron chi connectivity index (χ4n) is 0.753. The zero-order valence-corrected chi connectivity index (χ0v) is 4.99. The molecule has 0 aromatic carbocycles. The first kappa shape index (κ1) is 6.06. The van der Waals surface area contributed by atoms with E-state index in [1.54, 1.807) is 0 Å². The minimum absolute atomic E-state index is 0.111. The van der Waals surface area contributed by atoms with E-state index >= 15 is 0 Å². The average Bonchev–Trinajstić information content (AvgIpc) is 1.89. The Morgan fingerprint density at radius 2 is 2.00 bits per heavy atom. The zero-order valence-electron chi connectivity index (χ0n) is 4.99. The molecule has 2 heteroatoms. The van der Waals surface area contributed by atoms with Crippen molar-refractivity contribution < 1.29 is 0 Å². The van der Waals surface area contributed by atoms with Gasteiger partial charge in [0.05, 0.1) is 12.0 Å². The molecule has 0 amide bonds. The summed E-state index contributed by atoms with van der Waals surface area (Å²) in [5, 5.41) is 8.45. The van der Waals surface area contributed by atoms with E-state index in [0.29, 0.717) is 0 Å². The van der Waals surface area contributed by atoms with Crippen LogP contribution in [0.1, 0.15) is 0 Å². The molecule has 0 heterocycles. The lowest BCUT2D eigenvalue weighted by atomic mass is 9.98. The van der Waals surface area contributed by atoms with E-state index in [1.807, 2.05) is 24.3 Å². The Morgan fingerprint density at radius 1 is 1.33 bits per heavy atom. The second kappa shape index (κ2) is 2.47. The van der Waals surface area contributed by atoms with Crippen LogP contribution in [-0.4, -0.2) is 6.04 Å². The monoisotopic (exact) mass is 120 g/mol. The highest BCUT2D eigenvalue weighted by Crippen LogP contribution is 2.08. The molecule has 0 aromatic heterocycles. The number of hydrogen-bond acceptors (Lipinski definition) is 2. The summed E-state index contributed by atoms with van der Waals surface area (Å²) in [6, 6.07) is 1.98. The summed E-state index contributed by atoms with van der Waals surface area (Å²) in [5.41, 5.74) is 5.53. The second-order valence-electron chi connectivity index (χ2n) is 2.00. The first-order chi connectivity index (χ1) is 4.34. The van der Waals surface area contributed by atoms with Crippen molar-refractivity contribution in [1.29, 1.82) is 5.26 Å². The van der Waals surface area contributed by atoms with Crippen LogP contribution in [0, 0.1) is 17.2 Å². The van der Waals surface area contributed by atoms with Gasteiger partial charge in [-0.15, -0.1) is 0 Å². The van der Waals surface area contributed by atoms with Gasteiger partial charge < -0.3 is 5.73 Å². The maximum Gasteiger partial charge on any atom is 0.0833 e. The molecule has 0 fully saturated rings. The van der Waals surface area contributed by atoms with Crippen LogP contribution >= 0.6 is 0 Å². The van der Waals surface area contributed by atoms with Crippen molar-refractivity contribution in [3.63, 3.8) is 0 Å². The molecule has 1 rings (SSSR count). The summed E-state index contributed by atoms with van der Waals surface area (Å²) in [6.07, 6.45) is 7.34. The molecule has 0 aliphatic heterocycles. The van der Waals surface area contributed by atoms with Crippen LogP contribution in [0.4, 0.5) is 0 Å². The van der Waals surface area contributed by atoms with Crippen molar-refractivity contribution in [3.8, 4) is 6.07 Å². The van der Waals surface area contributed by atoms with Gasteiger partial charge in [-0.1, -0.05) is 24.3 Å². The molecule has 0 aromatic rings. The molecule has 0 bridgehead atoms. The van der Waals surface area contributed by atoms with Crippen LogP contribution in [0.5, 0.6) is 0 Å². The maximum absolute atomic E-state index is 8.45. The minimum atomic E-state index is -0.130. The molecular formula is C7H8N2. The minimum Gasteiger partial charge on any atom is -0.323 e. The summed E-state index contributed by atoms with van der Waals surface area (Å²) < 4.78 is 0. The fraction of sp³-hybridized carbons (Fsp3) is 0.286. The van der Waals surface area contributed by atoms with Gasteiger partial charge in [-0.05, 0) is 0 Å². The topological polar surface area (TPSA) is 49.8 Å². The van der Waals surface area contributed by atoms with Crippen LogP contribution < -0.4 is 5.73 Å². The molecule has 1 aliphatic carbocycles. The van der Waals surface area contributed by atoms with E-state index in [9.17, 15) is 0 Å². The van der Waals surface area contributed by atoms with Crippen molar-refractivity contribution in [2.24, 2.45) is 11.7 Å². The first-order valence-electron chi connectivity index (χ1n) is 2.85. The Kier molecular flexibility index (Phi) is 1.66. The Bertz CT molecular complexity index is 186. The normalized spacial score (nSPS) is 32.0. The van der Waals surface area contributed by atoms with Crippen molar-refractivity contribution in [3.05, 3.63) is 24.3 Å². The van der Waals surface area contributed by atoms with Crippen molar-refractivity contribution in [1.82, 2.24) is 0 Å². The van der Waals surface area contributed by atoms with Gasteiger partial charge in [0, 0.05) is 6.04 Å². The summed E-state index contributed by atoms with van der Waals surface area (Å²) >= 11 is 0. The maximum atomic E-state index is 8.45. The summed E-state index contributed by atoms with van der Waals surface area (Å²) in [6.45, 7) is 0. The molecule has 2 N–H and O–H groups in total. The van der Waals surface area contributed by atoms with Crippen molar-refractivity contribution in [2.45, 2.75) is 6.04 Å². The summed E-state index contributed by atoms with van der Waals surface area (Å²) in [5.74, 6) is -0.130. The van der Waals surface area contributed by atoms with Crippen LogP contribution in [0.15, 0.2) is 24.3 Å². The number of rotatable bonds is 0. The van der Waals surface area contributed by atoms with Gasteiger partial charge in [0.1, 0.15) is 0 Å². The van der Waals surface area contributed by atoms with E-state index < -0.39 is 0 Å². The Balaban J connectivity index is 2.68. The summed E-state index contributed by atoms with van der Waals surface area (Å²) in [4.78, 5) is 0. The molecule has 2 unspecified atom stereocenters. The number of nitrogens with zero attached hydrogens (tertiary/aromatic N) is 1. The Morgan fingerprint density at radius 3 is 2.44 bits per heavy atom. The molecule has 2 nitrogen and oxygen atoms in total. The van der Waals surface area contributed by atoms with E-state index in [0.717, 1.165) is 0 Å². The van der Waals surface area contributed by atoms with Crippen LogP contribution in [0.2, 0.25) is 0 Å². The highest BCUT2D eigenvalue weighted by Gasteiger charge is 2.11. The first-order valence-corrected chi connectivity index (χ1v) is 2.85. The van der Waals surface area contributed by atoms with Crippen molar-refractivity contribution in [2.75, 3.05) is 0 Å². The predicted octanol–water partition coefficient (Wildman–Crippen LogP) is 0.579. The van der Waals surface area contributed by atoms with E-state index in [1.165, 1.54) is 0 Å². The van der Waals surface area contributed by atoms with Gasteiger partial charge in [0.15, 0.2) is 0 Å². The molecule has 0 radical (unpaired) electrons. The molecule has 0 saturated carbocycles. The molecular weight excluding hydrogens is 112 g/mol. The van der Waals surface area contributed by atoms with Crippen LogP contribution in [0.25, 0.3) is 0 Å². The average molecular weight is 120 g/mol. The quantitative estimate of drug-likeness (QED) is 0.508. The lowest BCUT2D eigenvalue weighted by molar-refractivity contribution is 0.696. The smallest absolute Gasteiger partial charge is 0.0833 e. The number of nitrogens with two attached hydrogens (primary N) is 1. The van der Waals surface area contributed by atoms with E-state index in [4.69, 9.17) is 11.0 Å².